The van der Waals surface area contributed by atoms with Gasteiger partial charge in [-0.15, -0.1) is 0 Å². The van der Waals surface area contributed by atoms with E-state index >= 15 is 0 Å². The molecule has 5 rings (SSSR count). The van der Waals surface area contributed by atoms with Crippen LogP contribution in [0.15, 0.2) is 69.3 Å². The highest BCUT2D eigenvalue weighted by molar-refractivity contribution is 6.31. The third-order valence-electron chi connectivity index (χ3n) is 7.24. The maximum atomic E-state index is 13.2. The van der Waals surface area contributed by atoms with Crippen molar-refractivity contribution in [2.24, 2.45) is 15.9 Å². The number of benzene rings is 1. The number of carbonyl (C=O) groups excluding carboxylic acids is 2. The molecule has 1 aliphatic carbocycles. The number of rotatable bonds is 8. The third-order valence-corrected chi connectivity index (χ3v) is 7.58. The van der Waals surface area contributed by atoms with Gasteiger partial charge in [0.2, 0.25) is 6.29 Å². The number of halogens is 1. The van der Waals surface area contributed by atoms with Crippen LogP contribution in [-0.4, -0.2) is 69.4 Å². The van der Waals surface area contributed by atoms with Gasteiger partial charge in [-0.05, 0) is 37.0 Å². The fraction of sp³-hybridized carbons (Fsp3) is 0.448. The van der Waals surface area contributed by atoms with Crippen LogP contribution in [0.3, 0.4) is 0 Å². The summed E-state index contributed by atoms with van der Waals surface area (Å²) in [6.45, 7) is 2.12. The van der Waals surface area contributed by atoms with Crippen LogP contribution in [0, 0.1) is 5.92 Å². The molecule has 0 bridgehead atoms. The predicted octanol–water partition coefficient (Wildman–Crippen LogP) is 4.32. The second-order valence-corrected chi connectivity index (χ2v) is 10.1. The quantitative estimate of drug-likeness (QED) is 0.204. The summed E-state index contributed by atoms with van der Waals surface area (Å²) in [5, 5.41) is 0.403. The first-order valence-corrected chi connectivity index (χ1v) is 13.3. The molecule has 10 heteroatoms. The molecule has 206 valence electrons. The lowest BCUT2D eigenvalue weighted by molar-refractivity contribution is -0.143. The van der Waals surface area contributed by atoms with Gasteiger partial charge < -0.3 is 23.7 Å². The van der Waals surface area contributed by atoms with Crippen molar-refractivity contribution in [2.45, 2.75) is 50.5 Å². The topological polar surface area (TPSA) is 108 Å². The molecule has 0 radical (unpaired) electrons. The van der Waals surface area contributed by atoms with E-state index < -0.39 is 30.1 Å². The number of allylic oxidation sites excluding steroid dienone is 1. The summed E-state index contributed by atoms with van der Waals surface area (Å²) in [7, 11) is 2.58. The van der Waals surface area contributed by atoms with E-state index in [1.807, 2.05) is 0 Å². The van der Waals surface area contributed by atoms with Crippen LogP contribution in [0.25, 0.3) is 0 Å². The molecule has 0 saturated carbocycles. The van der Waals surface area contributed by atoms with Gasteiger partial charge in [-0.2, -0.15) is 0 Å². The fourth-order valence-electron chi connectivity index (χ4n) is 5.22. The molecule has 4 aliphatic rings. The lowest BCUT2D eigenvalue weighted by atomic mass is 9.75. The Morgan fingerprint density at radius 1 is 1.21 bits per heavy atom. The number of hydrogen-bond donors (Lipinski definition) is 0. The van der Waals surface area contributed by atoms with Crippen molar-refractivity contribution in [3.63, 3.8) is 0 Å². The second kappa shape index (κ2) is 11.9. The van der Waals surface area contributed by atoms with Crippen molar-refractivity contribution in [3.05, 3.63) is 69.9 Å². The molecule has 0 aromatic heterocycles. The van der Waals surface area contributed by atoms with Crippen molar-refractivity contribution < 1.29 is 33.3 Å². The monoisotopic (exact) mass is 554 g/mol. The van der Waals surface area contributed by atoms with Gasteiger partial charge in [0.1, 0.15) is 12.0 Å². The van der Waals surface area contributed by atoms with Crippen LogP contribution in [0.2, 0.25) is 5.02 Å². The lowest BCUT2D eigenvalue weighted by Crippen LogP contribution is -2.37. The van der Waals surface area contributed by atoms with Gasteiger partial charge in [0.05, 0.1) is 44.7 Å². The number of nitrogens with zero attached hydrogens (tertiary/aromatic N) is 2. The molecular formula is C29H31ClN2O7. The smallest absolute Gasteiger partial charge is 0.336 e. The Morgan fingerprint density at radius 3 is 2.72 bits per heavy atom. The normalized spacial score (nSPS) is 26.5. The molecule has 3 aliphatic heterocycles. The maximum Gasteiger partial charge on any atom is 0.336 e. The van der Waals surface area contributed by atoms with Crippen LogP contribution in [-0.2, 0) is 33.3 Å². The highest BCUT2D eigenvalue weighted by atomic mass is 35.5. The number of aliphatic imine (C=N–C) groups is 2. The molecule has 5 unspecified atom stereocenters. The predicted molar refractivity (Wildman–Crippen MR) is 145 cm³/mol. The number of ether oxygens (including phenoxy) is 5. The largest absolute Gasteiger partial charge is 0.468 e. The van der Waals surface area contributed by atoms with Crippen LogP contribution >= 0.6 is 11.6 Å². The fourth-order valence-corrected chi connectivity index (χ4v) is 5.47. The van der Waals surface area contributed by atoms with Crippen LogP contribution < -0.4 is 0 Å². The molecule has 1 saturated heterocycles. The van der Waals surface area contributed by atoms with Gasteiger partial charge in [0, 0.05) is 23.1 Å². The number of epoxide rings is 1. The molecule has 0 N–H and O–H groups in total. The van der Waals surface area contributed by atoms with Gasteiger partial charge in [-0.1, -0.05) is 48.0 Å². The van der Waals surface area contributed by atoms with Crippen molar-refractivity contribution in [1.82, 2.24) is 0 Å². The summed E-state index contributed by atoms with van der Waals surface area (Å²) in [6.07, 6.45) is 7.98. The number of hydrogen-bond acceptors (Lipinski definition) is 9. The van der Waals surface area contributed by atoms with Gasteiger partial charge in [0.15, 0.2) is 5.90 Å². The molecule has 1 aromatic rings. The Labute approximate surface area is 232 Å². The first-order valence-electron chi connectivity index (χ1n) is 12.9. The number of esters is 2. The zero-order valence-electron chi connectivity index (χ0n) is 22.1. The average molecular weight is 555 g/mol. The molecular weight excluding hydrogens is 524 g/mol. The molecule has 1 fully saturated rings. The SMILES string of the molecule is COC(=O)C1=C(COC(OC2=NC3C=CCCC3=CC2)C2CO2)N=C(C)C(C(=O)OC)C1c1ccccc1Cl. The minimum absolute atomic E-state index is 0.00543. The number of dihydropyridines is 1. The van der Waals surface area contributed by atoms with Crippen molar-refractivity contribution in [1.29, 1.82) is 0 Å². The minimum Gasteiger partial charge on any atom is -0.468 e. The molecule has 9 nitrogen and oxygen atoms in total. The highest BCUT2D eigenvalue weighted by Crippen LogP contribution is 2.42. The summed E-state index contributed by atoms with van der Waals surface area (Å²) in [4.78, 5) is 35.5. The molecule has 1 aromatic carbocycles. The van der Waals surface area contributed by atoms with Crippen LogP contribution in [0.5, 0.6) is 0 Å². The Balaban J connectivity index is 1.44. The number of fused-ring (bicyclic) bond motifs is 1. The Hall–Kier alpha value is -3.27. The van der Waals surface area contributed by atoms with E-state index in [2.05, 4.69) is 23.2 Å². The van der Waals surface area contributed by atoms with Crippen molar-refractivity contribution in [3.8, 4) is 0 Å². The molecule has 39 heavy (non-hydrogen) atoms. The Bertz CT molecular complexity index is 1290. The molecule has 0 amide bonds. The molecule has 5 atom stereocenters. The van der Waals surface area contributed by atoms with Crippen molar-refractivity contribution in [2.75, 3.05) is 27.4 Å². The number of methoxy groups -OCH3 is 2. The van der Waals surface area contributed by atoms with E-state index in [-0.39, 0.29) is 24.3 Å². The van der Waals surface area contributed by atoms with E-state index in [1.54, 1.807) is 31.2 Å². The first kappa shape index (κ1) is 27.3. The Morgan fingerprint density at radius 2 is 2.00 bits per heavy atom. The van der Waals surface area contributed by atoms with Crippen LogP contribution in [0.4, 0.5) is 0 Å². The van der Waals surface area contributed by atoms with E-state index in [1.165, 1.54) is 19.8 Å². The van der Waals surface area contributed by atoms with Gasteiger partial charge in [-0.25, -0.2) is 9.79 Å². The average Bonchev–Trinajstić information content (AvgIpc) is 3.80. The van der Waals surface area contributed by atoms with Crippen LogP contribution in [0.1, 0.15) is 37.7 Å². The third kappa shape index (κ3) is 5.85. The zero-order valence-corrected chi connectivity index (χ0v) is 22.8. The van der Waals surface area contributed by atoms with E-state index in [0.29, 0.717) is 40.9 Å². The summed E-state index contributed by atoms with van der Waals surface area (Å²) >= 11 is 6.56. The first-order chi connectivity index (χ1) is 18.9. The molecule has 0 spiro atoms. The maximum absolute atomic E-state index is 13.2. The summed E-state index contributed by atoms with van der Waals surface area (Å²) in [5.74, 6) is -2.25. The minimum atomic E-state index is -0.868. The standard InChI is InChI=1S/C29H31ClN2O7/c1-16-24(27(33)35-2)25(18-9-5-6-10-19(18)30)26(28(34)36-3)21(31-16)14-38-29(22-15-37-22)39-23-13-12-17-8-4-7-11-20(17)32-23/h5-7,9-12,20,22,24-25,29H,4,8,13-15H2,1-3H3. The second-order valence-electron chi connectivity index (χ2n) is 9.69. The van der Waals surface area contributed by atoms with Gasteiger partial charge in [-0.3, -0.25) is 9.79 Å². The van der Waals surface area contributed by atoms with E-state index in [4.69, 9.17) is 40.3 Å². The number of carbonyl (C=O) groups is 2. The lowest BCUT2D eigenvalue weighted by Gasteiger charge is -2.32. The highest BCUT2D eigenvalue weighted by Gasteiger charge is 2.44. The summed E-state index contributed by atoms with van der Waals surface area (Å²) in [6, 6.07) is 7.05. The van der Waals surface area contributed by atoms with Crippen molar-refractivity contribution >= 4 is 35.1 Å². The summed E-state index contributed by atoms with van der Waals surface area (Å²) in [5.41, 5.74) is 2.85. The van der Waals surface area contributed by atoms with Gasteiger partial charge in [0.25, 0.3) is 0 Å². The van der Waals surface area contributed by atoms with E-state index in [0.717, 1.165) is 12.8 Å². The van der Waals surface area contributed by atoms with Gasteiger partial charge >= 0.3 is 11.9 Å². The zero-order chi connectivity index (χ0) is 27.5. The van der Waals surface area contributed by atoms with E-state index in [9.17, 15) is 9.59 Å². The molecule has 3 heterocycles. The summed E-state index contributed by atoms with van der Waals surface area (Å²) < 4.78 is 28.0. The Kier molecular flexibility index (Phi) is 8.30.